The summed E-state index contributed by atoms with van der Waals surface area (Å²) >= 11 is 0. The third kappa shape index (κ3) is 5.70. The number of nitrogens with two attached hydrogens (primary N) is 1. The first kappa shape index (κ1) is 23.9. The third-order valence-electron chi connectivity index (χ3n) is 4.21. The van der Waals surface area contributed by atoms with E-state index in [0.717, 1.165) is 18.4 Å². The monoisotopic (exact) mass is 425 g/mol. The van der Waals surface area contributed by atoms with Crippen LogP contribution in [0.5, 0.6) is 0 Å². The Balaban J connectivity index is 0.00000392. The fourth-order valence-electron chi connectivity index (χ4n) is 2.75. The lowest BCUT2D eigenvalue weighted by Gasteiger charge is -2.21. The molecule has 0 atom stereocenters. The number of sulfonamides is 1. The second-order valence-corrected chi connectivity index (χ2v) is 8.39. The summed E-state index contributed by atoms with van der Waals surface area (Å²) < 4.78 is 27.0. The van der Waals surface area contributed by atoms with Crippen LogP contribution in [0, 0.1) is 6.92 Å². The highest BCUT2D eigenvalue weighted by Crippen LogP contribution is 2.21. The molecule has 2 rings (SSSR count). The van der Waals surface area contributed by atoms with Crippen molar-refractivity contribution < 1.29 is 13.2 Å². The number of carbonyl (C=O) groups is 1. The smallest absolute Gasteiger partial charge is 0.255 e. The van der Waals surface area contributed by atoms with Gasteiger partial charge in [-0.05, 0) is 61.7 Å². The Labute approximate surface area is 173 Å². The molecule has 0 unspecified atom stereocenters. The van der Waals surface area contributed by atoms with Crippen LogP contribution in [-0.4, -0.2) is 31.7 Å². The van der Waals surface area contributed by atoms with E-state index in [0.29, 0.717) is 30.0 Å². The first-order chi connectivity index (χ1) is 12.8. The highest BCUT2D eigenvalue weighted by Gasteiger charge is 2.23. The molecule has 0 bridgehead atoms. The zero-order valence-corrected chi connectivity index (χ0v) is 18.1. The maximum Gasteiger partial charge on any atom is 0.255 e. The Hall–Kier alpha value is -2.09. The van der Waals surface area contributed by atoms with Crippen molar-refractivity contribution in [2.24, 2.45) is 0 Å². The lowest BCUT2D eigenvalue weighted by Crippen LogP contribution is -2.32. The number of nitrogens with one attached hydrogen (secondary N) is 1. The minimum atomic E-state index is -3.55. The Kier molecular flexibility index (Phi) is 8.94. The van der Waals surface area contributed by atoms with Gasteiger partial charge in [-0.2, -0.15) is 4.31 Å². The lowest BCUT2D eigenvalue weighted by molar-refractivity contribution is 0.102. The standard InChI is InChI=1S/C20H27N3O3S.ClH/c1-4-12-23(13-5-2)27(25,26)18-10-7-16(8-11-18)20(24)22-19-14-17(21)9-6-15(19)3;/h6-11,14H,4-5,12-13,21H2,1-3H3,(H,22,24);1H. The van der Waals surface area contributed by atoms with Gasteiger partial charge < -0.3 is 11.1 Å². The van der Waals surface area contributed by atoms with Crippen LogP contribution in [0.3, 0.4) is 0 Å². The van der Waals surface area contributed by atoms with E-state index >= 15 is 0 Å². The van der Waals surface area contributed by atoms with Gasteiger partial charge in [0.1, 0.15) is 0 Å². The topological polar surface area (TPSA) is 92.5 Å². The average molecular weight is 426 g/mol. The molecule has 28 heavy (non-hydrogen) atoms. The van der Waals surface area contributed by atoms with Crippen molar-refractivity contribution in [1.29, 1.82) is 0 Å². The van der Waals surface area contributed by atoms with Gasteiger partial charge in [0, 0.05) is 30.0 Å². The minimum absolute atomic E-state index is 0. The highest BCUT2D eigenvalue weighted by atomic mass is 35.5. The predicted molar refractivity (Wildman–Crippen MR) is 117 cm³/mol. The van der Waals surface area contributed by atoms with Gasteiger partial charge in [0.15, 0.2) is 0 Å². The summed E-state index contributed by atoms with van der Waals surface area (Å²) in [5.41, 5.74) is 8.23. The summed E-state index contributed by atoms with van der Waals surface area (Å²) in [5.74, 6) is -0.313. The molecule has 154 valence electrons. The minimum Gasteiger partial charge on any atom is -0.399 e. The molecule has 8 heteroatoms. The number of hydrogen-bond acceptors (Lipinski definition) is 4. The van der Waals surface area contributed by atoms with Crippen LogP contribution in [0.25, 0.3) is 0 Å². The van der Waals surface area contributed by atoms with Gasteiger partial charge in [-0.1, -0.05) is 19.9 Å². The summed E-state index contributed by atoms with van der Waals surface area (Å²) in [7, 11) is -3.55. The molecule has 3 N–H and O–H groups in total. The number of anilines is 2. The van der Waals surface area contributed by atoms with Gasteiger partial charge in [-0.25, -0.2) is 8.42 Å². The highest BCUT2D eigenvalue weighted by molar-refractivity contribution is 7.89. The van der Waals surface area contributed by atoms with Crippen molar-refractivity contribution in [2.45, 2.75) is 38.5 Å². The number of hydrogen-bond donors (Lipinski definition) is 2. The van der Waals surface area contributed by atoms with E-state index in [4.69, 9.17) is 5.73 Å². The van der Waals surface area contributed by atoms with E-state index in [-0.39, 0.29) is 23.2 Å². The van der Waals surface area contributed by atoms with E-state index in [9.17, 15) is 13.2 Å². The van der Waals surface area contributed by atoms with E-state index in [2.05, 4.69) is 5.32 Å². The largest absolute Gasteiger partial charge is 0.399 e. The molecule has 0 heterocycles. The van der Waals surface area contributed by atoms with Gasteiger partial charge in [-0.15, -0.1) is 12.4 Å². The van der Waals surface area contributed by atoms with Crippen molar-refractivity contribution in [3.8, 4) is 0 Å². The summed E-state index contributed by atoms with van der Waals surface area (Å²) in [5, 5.41) is 2.81. The molecular formula is C20H28ClN3O3S. The molecule has 0 spiro atoms. The molecule has 0 aliphatic rings. The molecule has 0 saturated heterocycles. The fraction of sp³-hybridized carbons (Fsp3) is 0.350. The average Bonchev–Trinajstić information content (AvgIpc) is 2.64. The molecule has 0 aliphatic carbocycles. The number of carbonyl (C=O) groups excluding carboxylic acids is 1. The molecule has 2 aromatic carbocycles. The van der Waals surface area contributed by atoms with Crippen LogP contribution in [-0.2, 0) is 10.0 Å². The first-order valence-electron chi connectivity index (χ1n) is 9.07. The number of nitrogen functional groups attached to an aromatic ring is 1. The van der Waals surface area contributed by atoms with E-state index in [1.807, 2.05) is 26.8 Å². The molecule has 0 saturated carbocycles. The van der Waals surface area contributed by atoms with Gasteiger partial charge in [0.05, 0.1) is 4.90 Å². The van der Waals surface area contributed by atoms with Gasteiger partial charge >= 0.3 is 0 Å². The van der Waals surface area contributed by atoms with Crippen LogP contribution in [0.1, 0.15) is 42.6 Å². The van der Waals surface area contributed by atoms with Crippen molar-refractivity contribution in [2.75, 3.05) is 24.1 Å². The van der Waals surface area contributed by atoms with Crippen molar-refractivity contribution in [3.63, 3.8) is 0 Å². The summed E-state index contributed by atoms with van der Waals surface area (Å²) in [4.78, 5) is 12.7. The number of benzene rings is 2. The molecule has 0 radical (unpaired) electrons. The van der Waals surface area contributed by atoms with Crippen LogP contribution in [0.2, 0.25) is 0 Å². The molecule has 1 amide bonds. The number of aryl methyl sites for hydroxylation is 1. The van der Waals surface area contributed by atoms with Crippen LogP contribution < -0.4 is 11.1 Å². The summed E-state index contributed by atoms with van der Waals surface area (Å²) in [6.45, 7) is 6.73. The Morgan fingerprint density at radius 3 is 2.14 bits per heavy atom. The van der Waals surface area contributed by atoms with Crippen molar-refractivity contribution in [1.82, 2.24) is 4.31 Å². The third-order valence-corrected chi connectivity index (χ3v) is 6.12. The van der Waals surface area contributed by atoms with E-state index < -0.39 is 10.0 Å². The van der Waals surface area contributed by atoms with Crippen LogP contribution in [0.15, 0.2) is 47.4 Å². The normalized spacial score (nSPS) is 11.1. The second-order valence-electron chi connectivity index (χ2n) is 6.46. The molecule has 2 aromatic rings. The first-order valence-corrected chi connectivity index (χ1v) is 10.5. The van der Waals surface area contributed by atoms with Crippen molar-refractivity contribution >= 4 is 39.7 Å². The van der Waals surface area contributed by atoms with Gasteiger partial charge in [0.2, 0.25) is 10.0 Å². The number of halogens is 1. The van der Waals surface area contributed by atoms with Crippen LogP contribution >= 0.6 is 12.4 Å². The number of amides is 1. The number of nitrogens with zero attached hydrogens (tertiary/aromatic N) is 1. The molecule has 6 nitrogen and oxygen atoms in total. The fourth-order valence-corrected chi connectivity index (χ4v) is 4.37. The number of rotatable bonds is 8. The Bertz CT molecular complexity index is 893. The van der Waals surface area contributed by atoms with Gasteiger partial charge in [0.25, 0.3) is 5.91 Å². The zero-order chi connectivity index (χ0) is 20.0. The lowest BCUT2D eigenvalue weighted by atomic mass is 10.1. The summed E-state index contributed by atoms with van der Waals surface area (Å²) in [6, 6.07) is 11.3. The van der Waals surface area contributed by atoms with Crippen LogP contribution in [0.4, 0.5) is 11.4 Å². The van der Waals surface area contributed by atoms with Crippen molar-refractivity contribution in [3.05, 3.63) is 53.6 Å². The maximum atomic E-state index is 12.8. The molecular weight excluding hydrogens is 398 g/mol. The van der Waals surface area contributed by atoms with Gasteiger partial charge in [-0.3, -0.25) is 4.79 Å². The summed E-state index contributed by atoms with van der Waals surface area (Å²) in [6.07, 6.45) is 1.50. The predicted octanol–water partition coefficient (Wildman–Crippen LogP) is 4.06. The second kappa shape index (κ2) is 10.5. The SMILES string of the molecule is CCCN(CCC)S(=O)(=O)c1ccc(C(=O)Nc2cc(N)ccc2C)cc1.Cl. The zero-order valence-electron chi connectivity index (χ0n) is 16.4. The maximum absolute atomic E-state index is 12.8. The molecule has 0 aliphatic heterocycles. The quantitative estimate of drug-likeness (QED) is 0.623. The molecule has 0 fully saturated rings. The van der Waals surface area contributed by atoms with E-state index in [1.165, 1.54) is 28.6 Å². The Morgan fingerprint density at radius 1 is 1.04 bits per heavy atom. The Morgan fingerprint density at radius 2 is 1.61 bits per heavy atom. The molecule has 0 aromatic heterocycles. The van der Waals surface area contributed by atoms with E-state index in [1.54, 1.807) is 12.1 Å².